The Bertz CT molecular complexity index is 247. The molecule has 0 aromatic heterocycles. The molecule has 1 saturated carbocycles. The van der Waals surface area contributed by atoms with Crippen LogP contribution in [0.1, 0.15) is 38.5 Å². The lowest BCUT2D eigenvalue weighted by atomic mass is 9.97. The molecule has 2 aliphatic heterocycles. The van der Waals surface area contributed by atoms with Crippen LogP contribution in [-0.2, 0) is 4.74 Å². The van der Waals surface area contributed by atoms with Crippen LogP contribution in [0.25, 0.3) is 0 Å². The van der Waals surface area contributed by atoms with Crippen molar-refractivity contribution in [2.24, 2.45) is 11.8 Å². The quantitative estimate of drug-likeness (QED) is 0.840. The van der Waals surface area contributed by atoms with Gasteiger partial charge in [0.2, 0.25) is 0 Å². The van der Waals surface area contributed by atoms with Crippen LogP contribution in [-0.4, -0.2) is 50.3 Å². The van der Waals surface area contributed by atoms with E-state index in [1.165, 1.54) is 71.2 Å². The molecule has 0 aromatic rings. The minimum Gasteiger partial charge on any atom is -0.378 e. The van der Waals surface area contributed by atoms with Crippen molar-refractivity contribution in [3.8, 4) is 0 Å². The lowest BCUT2D eigenvalue weighted by molar-refractivity contribution is -0.000840. The van der Waals surface area contributed by atoms with Gasteiger partial charge in [-0.1, -0.05) is 0 Å². The van der Waals surface area contributed by atoms with Crippen LogP contribution in [0.3, 0.4) is 0 Å². The van der Waals surface area contributed by atoms with Gasteiger partial charge in [-0.25, -0.2) is 0 Å². The Morgan fingerprint density at radius 3 is 2.42 bits per heavy atom. The van der Waals surface area contributed by atoms with Crippen LogP contribution in [0.4, 0.5) is 0 Å². The van der Waals surface area contributed by atoms with E-state index in [0.29, 0.717) is 6.10 Å². The molecule has 1 atom stereocenters. The molecule has 0 aromatic carbocycles. The number of ether oxygens (including phenoxy) is 1. The van der Waals surface area contributed by atoms with Gasteiger partial charge in [0.25, 0.3) is 0 Å². The number of hydrogen-bond acceptors (Lipinski definition) is 3. The summed E-state index contributed by atoms with van der Waals surface area (Å²) in [6, 6.07) is 0. The van der Waals surface area contributed by atoms with Crippen molar-refractivity contribution in [2.75, 3.05) is 39.3 Å². The van der Waals surface area contributed by atoms with E-state index in [-0.39, 0.29) is 12.4 Å². The van der Waals surface area contributed by atoms with Gasteiger partial charge in [0.1, 0.15) is 0 Å². The first kappa shape index (κ1) is 15.6. The summed E-state index contributed by atoms with van der Waals surface area (Å²) in [5, 5.41) is 3.52. The first-order valence-corrected chi connectivity index (χ1v) is 7.95. The average molecular weight is 289 g/mol. The van der Waals surface area contributed by atoms with Crippen molar-refractivity contribution in [2.45, 2.75) is 44.6 Å². The molecule has 3 rings (SSSR count). The second-order valence-electron chi connectivity index (χ2n) is 6.49. The Hall–Kier alpha value is 0.170. The van der Waals surface area contributed by atoms with Crippen LogP contribution in [0, 0.1) is 11.8 Å². The van der Waals surface area contributed by atoms with Gasteiger partial charge in [-0.15, -0.1) is 12.4 Å². The summed E-state index contributed by atoms with van der Waals surface area (Å²) < 4.78 is 6.01. The van der Waals surface area contributed by atoms with Crippen molar-refractivity contribution >= 4 is 12.4 Å². The predicted molar refractivity (Wildman–Crippen MR) is 81.0 cm³/mol. The minimum atomic E-state index is 0. The number of halogens is 1. The third-order valence-electron chi connectivity index (χ3n) is 4.71. The van der Waals surface area contributed by atoms with Crippen molar-refractivity contribution in [3.05, 3.63) is 0 Å². The zero-order chi connectivity index (χ0) is 12.2. The predicted octanol–water partition coefficient (Wildman–Crippen LogP) is 2.30. The fourth-order valence-electron chi connectivity index (χ4n) is 3.26. The monoisotopic (exact) mass is 288 g/mol. The number of nitrogens with one attached hydrogen (secondary N) is 1. The highest BCUT2D eigenvalue weighted by Crippen LogP contribution is 2.30. The van der Waals surface area contributed by atoms with Crippen molar-refractivity contribution in [1.29, 1.82) is 0 Å². The molecule has 3 aliphatic rings. The molecule has 1 unspecified atom stereocenters. The van der Waals surface area contributed by atoms with Crippen LogP contribution in [0.2, 0.25) is 0 Å². The molecule has 2 saturated heterocycles. The van der Waals surface area contributed by atoms with Crippen LogP contribution < -0.4 is 5.32 Å². The molecule has 3 nitrogen and oxygen atoms in total. The van der Waals surface area contributed by atoms with E-state index in [1.54, 1.807) is 0 Å². The van der Waals surface area contributed by atoms with Gasteiger partial charge in [0.05, 0.1) is 6.10 Å². The highest BCUT2D eigenvalue weighted by molar-refractivity contribution is 5.85. The van der Waals surface area contributed by atoms with Crippen LogP contribution in [0.5, 0.6) is 0 Å². The molecule has 112 valence electrons. The third-order valence-corrected chi connectivity index (χ3v) is 4.71. The summed E-state index contributed by atoms with van der Waals surface area (Å²) in [6.07, 6.45) is 8.68. The normalized spacial score (nSPS) is 30.0. The van der Waals surface area contributed by atoms with Gasteiger partial charge >= 0.3 is 0 Å². The van der Waals surface area contributed by atoms with Gasteiger partial charge in [0.15, 0.2) is 0 Å². The standard InChI is InChI=1S/C15H28N2O.ClH/c1-2-14(10-16-7-1)11-17-8-5-15(6-9-17)18-12-13-3-4-13;/h13-16H,1-12H2;1H. The number of piperidine rings is 2. The smallest absolute Gasteiger partial charge is 0.0599 e. The molecular formula is C15H29ClN2O. The van der Waals surface area contributed by atoms with Gasteiger partial charge in [-0.05, 0) is 63.5 Å². The van der Waals surface area contributed by atoms with Crippen LogP contribution >= 0.6 is 12.4 Å². The number of hydrogen-bond donors (Lipinski definition) is 1. The second kappa shape index (κ2) is 7.82. The van der Waals surface area contributed by atoms with Gasteiger partial charge in [-0.2, -0.15) is 0 Å². The van der Waals surface area contributed by atoms with E-state index in [1.807, 2.05) is 0 Å². The summed E-state index contributed by atoms with van der Waals surface area (Å²) in [7, 11) is 0. The lowest BCUT2D eigenvalue weighted by Gasteiger charge is -2.35. The Morgan fingerprint density at radius 2 is 1.79 bits per heavy atom. The summed E-state index contributed by atoms with van der Waals surface area (Å²) >= 11 is 0. The number of rotatable bonds is 5. The summed E-state index contributed by atoms with van der Waals surface area (Å²) in [6.45, 7) is 7.32. The van der Waals surface area contributed by atoms with E-state index >= 15 is 0 Å². The molecule has 2 heterocycles. The molecule has 0 amide bonds. The van der Waals surface area contributed by atoms with Gasteiger partial charge < -0.3 is 15.0 Å². The topological polar surface area (TPSA) is 24.5 Å². The second-order valence-corrected chi connectivity index (χ2v) is 6.49. The number of likely N-dealkylation sites (tertiary alicyclic amines) is 1. The zero-order valence-electron chi connectivity index (χ0n) is 12.0. The van der Waals surface area contributed by atoms with Crippen molar-refractivity contribution in [1.82, 2.24) is 10.2 Å². The maximum absolute atomic E-state index is 6.01. The molecule has 3 fully saturated rings. The fraction of sp³-hybridized carbons (Fsp3) is 1.00. The largest absolute Gasteiger partial charge is 0.378 e. The highest BCUT2D eigenvalue weighted by atomic mass is 35.5. The van der Waals surface area contributed by atoms with E-state index in [2.05, 4.69) is 10.2 Å². The Morgan fingerprint density at radius 1 is 1.00 bits per heavy atom. The number of nitrogens with zero attached hydrogens (tertiary/aromatic N) is 1. The molecule has 1 aliphatic carbocycles. The van der Waals surface area contributed by atoms with E-state index in [9.17, 15) is 0 Å². The first-order chi connectivity index (χ1) is 8.90. The van der Waals surface area contributed by atoms with Gasteiger partial charge in [-0.3, -0.25) is 0 Å². The van der Waals surface area contributed by atoms with E-state index < -0.39 is 0 Å². The van der Waals surface area contributed by atoms with Gasteiger partial charge in [0, 0.05) is 26.2 Å². The summed E-state index contributed by atoms with van der Waals surface area (Å²) in [4.78, 5) is 2.66. The molecule has 0 radical (unpaired) electrons. The maximum atomic E-state index is 6.01. The van der Waals surface area contributed by atoms with Crippen LogP contribution in [0.15, 0.2) is 0 Å². The molecular weight excluding hydrogens is 260 g/mol. The van der Waals surface area contributed by atoms with E-state index in [4.69, 9.17) is 4.74 Å². The third kappa shape index (κ3) is 5.22. The molecule has 4 heteroatoms. The summed E-state index contributed by atoms with van der Waals surface area (Å²) in [5.74, 6) is 1.80. The van der Waals surface area contributed by atoms with E-state index in [0.717, 1.165) is 18.4 Å². The minimum absolute atomic E-state index is 0. The Labute approximate surface area is 123 Å². The molecule has 0 spiro atoms. The van der Waals surface area contributed by atoms with Crippen molar-refractivity contribution < 1.29 is 4.74 Å². The Kier molecular flexibility index (Phi) is 6.40. The molecule has 19 heavy (non-hydrogen) atoms. The highest BCUT2D eigenvalue weighted by Gasteiger charge is 2.26. The Balaban J connectivity index is 0.00000133. The van der Waals surface area contributed by atoms with Crippen molar-refractivity contribution in [3.63, 3.8) is 0 Å². The molecule has 0 bridgehead atoms. The average Bonchev–Trinajstić information content (AvgIpc) is 3.23. The fourth-order valence-corrected chi connectivity index (χ4v) is 3.26. The lowest BCUT2D eigenvalue weighted by Crippen LogP contribution is -2.43. The maximum Gasteiger partial charge on any atom is 0.0599 e. The zero-order valence-corrected chi connectivity index (χ0v) is 12.8. The SMILES string of the molecule is C1CNCC(CN2CCC(OCC3CC3)CC2)C1.Cl. The first-order valence-electron chi connectivity index (χ1n) is 7.95. The summed E-state index contributed by atoms with van der Waals surface area (Å²) in [5.41, 5.74) is 0. The molecule has 1 N–H and O–H groups in total.